The number of hydrogen-bond donors (Lipinski definition) is 1. The molecule has 0 unspecified atom stereocenters. The van der Waals surface area contributed by atoms with Gasteiger partial charge in [-0.2, -0.15) is 5.10 Å². The number of methoxy groups -OCH3 is 2. The van der Waals surface area contributed by atoms with Gasteiger partial charge >= 0.3 is 0 Å². The highest BCUT2D eigenvalue weighted by Gasteiger charge is 2.09. The molecule has 1 amide bonds. The summed E-state index contributed by atoms with van der Waals surface area (Å²) in [5.41, 5.74) is 4.99. The van der Waals surface area contributed by atoms with Crippen molar-refractivity contribution in [2.75, 3.05) is 14.2 Å². The fourth-order valence-electron chi connectivity index (χ4n) is 1.96. The van der Waals surface area contributed by atoms with E-state index in [1.54, 1.807) is 31.5 Å². The van der Waals surface area contributed by atoms with E-state index >= 15 is 0 Å². The number of ether oxygens (including phenoxy) is 2. The van der Waals surface area contributed by atoms with Crippen LogP contribution in [0.2, 0.25) is 0 Å². The lowest BCUT2D eigenvalue weighted by atomic mass is 10.2. The molecule has 0 saturated carbocycles. The summed E-state index contributed by atoms with van der Waals surface area (Å²) in [4.78, 5) is 12.0. The van der Waals surface area contributed by atoms with Gasteiger partial charge in [-0.05, 0) is 30.7 Å². The summed E-state index contributed by atoms with van der Waals surface area (Å²) in [7, 11) is 3.07. The molecule has 1 N–H and O–H groups in total. The van der Waals surface area contributed by atoms with Crippen molar-refractivity contribution in [3.05, 3.63) is 59.2 Å². The molecule has 0 heterocycles. The number of carbonyl (C=O) groups excluding carboxylic acids is 1. The third-order valence-electron chi connectivity index (χ3n) is 3.07. The molecule has 0 bridgehead atoms. The molecule has 0 aliphatic rings. The lowest BCUT2D eigenvalue weighted by Gasteiger charge is -2.08. The summed E-state index contributed by atoms with van der Waals surface area (Å²) >= 11 is 0. The highest BCUT2D eigenvalue weighted by atomic mass is 16.5. The maximum Gasteiger partial charge on any atom is 0.271 e. The predicted octanol–water partition coefficient (Wildman–Crippen LogP) is 2.78. The lowest BCUT2D eigenvalue weighted by molar-refractivity contribution is 0.0954. The number of nitrogens with zero attached hydrogens (tertiary/aromatic N) is 1. The van der Waals surface area contributed by atoms with E-state index in [1.807, 2.05) is 31.2 Å². The first kappa shape index (κ1) is 15.6. The van der Waals surface area contributed by atoms with Gasteiger partial charge in [0.25, 0.3) is 5.91 Å². The van der Waals surface area contributed by atoms with E-state index in [-0.39, 0.29) is 5.91 Å². The molecule has 114 valence electrons. The first-order valence-electron chi connectivity index (χ1n) is 6.76. The lowest BCUT2D eigenvalue weighted by Crippen LogP contribution is -2.17. The predicted molar refractivity (Wildman–Crippen MR) is 85.8 cm³/mol. The molecule has 2 aromatic carbocycles. The Bertz CT molecular complexity index is 696. The molecule has 0 aliphatic carbocycles. The monoisotopic (exact) mass is 298 g/mol. The van der Waals surface area contributed by atoms with Gasteiger partial charge in [-0.25, -0.2) is 5.43 Å². The Kier molecular flexibility index (Phi) is 5.14. The van der Waals surface area contributed by atoms with Gasteiger partial charge in [0.05, 0.1) is 20.4 Å². The molecule has 0 aliphatic heterocycles. The molecule has 0 spiro atoms. The van der Waals surface area contributed by atoms with Crippen LogP contribution in [0.1, 0.15) is 21.5 Å². The fourth-order valence-corrected chi connectivity index (χ4v) is 1.96. The van der Waals surface area contributed by atoms with E-state index in [1.165, 1.54) is 7.11 Å². The number of aryl methyl sites for hydroxylation is 1. The third kappa shape index (κ3) is 3.85. The van der Waals surface area contributed by atoms with Gasteiger partial charge in [0, 0.05) is 5.56 Å². The number of carbonyl (C=O) groups is 1. The molecule has 0 aromatic heterocycles. The zero-order valence-electron chi connectivity index (χ0n) is 12.8. The van der Waals surface area contributed by atoms with E-state index in [4.69, 9.17) is 9.47 Å². The van der Waals surface area contributed by atoms with Gasteiger partial charge in [-0.15, -0.1) is 0 Å². The average Bonchev–Trinajstić information content (AvgIpc) is 2.54. The molecule has 0 fully saturated rings. The second-order valence-corrected chi connectivity index (χ2v) is 4.68. The first-order valence-corrected chi connectivity index (χ1v) is 6.76. The van der Waals surface area contributed by atoms with E-state index in [0.717, 1.165) is 11.1 Å². The molecular weight excluding hydrogens is 280 g/mol. The molecule has 5 heteroatoms. The van der Waals surface area contributed by atoms with E-state index in [9.17, 15) is 4.79 Å². The van der Waals surface area contributed by atoms with Crippen molar-refractivity contribution in [2.24, 2.45) is 5.10 Å². The summed E-state index contributed by atoms with van der Waals surface area (Å²) in [6.45, 7) is 2.00. The topological polar surface area (TPSA) is 59.9 Å². The Balaban J connectivity index is 2.06. The third-order valence-corrected chi connectivity index (χ3v) is 3.07. The van der Waals surface area contributed by atoms with E-state index in [2.05, 4.69) is 10.5 Å². The van der Waals surface area contributed by atoms with Crippen molar-refractivity contribution in [1.82, 2.24) is 5.43 Å². The van der Waals surface area contributed by atoms with Crippen LogP contribution >= 0.6 is 0 Å². The Morgan fingerprint density at radius 1 is 1.09 bits per heavy atom. The van der Waals surface area contributed by atoms with Crippen LogP contribution < -0.4 is 14.9 Å². The standard InChI is InChI=1S/C17H18N2O3/c1-12-5-4-6-13(9-12)11-18-19-17(20)14-7-8-15(21-2)16(10-14)22-3/h4-11H,1-3H3,(H,19,20). The van der Waals surface area contributed by atoms with Gasteiger partial charge in [0.1, 0.15) is 0 Å². The van der Waals surface area contributed by atoms with Crippen molar-refractivity contribution in [2.45, 2.75) is 6.92 Å². The second-order valence-electron chi connectivity index (χ2n) is 4.68. The van der Waals surface area contributed by atoms with Gasteiger partial charge in [-0.3, -0.25) is 4.79 Å². The number of amides is 1. The Labute approximate surface area is 129 Å². The minimum atomic E-state index is -0.315. The Hall–Kier alpha value is -2.82. The largest absolute Gasteiger partial charge is 0.493 e. The number of benzene rings is 2. The minimum absolute atomic E-state index is 0.315. The van der Waals surface area contributed by atoms with Crippen LogP contribution in [-0.4, -0.2) is 26.3 Å². The first-order chi connectivity index (χ1) is 10.6. The minimum Gasteiger partial charge on any atom is -0.493 e. The Morgan fingerprint density at radius 3 is 2.55 bits per heavy atom. The van der Waals surface area contributed by atoms with Crippen LogP contribution in [0.4, 0.5) is 0 Å². The Morgan fingerprint density at radius 2 is 1.86 bits per heavy atom. The highest BCUT2D eigenvalue weighted by Crippen LogP contribution is 2.27. The molecule has 2 rings (SSSR count). The van der Waals surface area contributed by atoms with Crippen LogP contribution in [-0.2, 0) is 0 Å². The highest BCUT2D eigenvalue weighted by molar-refractivity contribution is 5.95. The number of rotatable bonds is 5. The van der Waals surface area contributed by atoms with Crippen molar-refractivity contribution < 1.29 is 14.3 Å². The average molecular weight is 298 g/mol. The fraction of sp³-hybridized carbons (Fsp3) is 0.176. The van der Waals surface area contributed by atoms with E-state index in [0.29, 0.717) is 17.1 Å². The zero-order chi connectivity index (χ0) is 15.9. The molecular formula is C17H18N2O3. The van der Waals surface area contributed by atoms with Crippen LogP contribution in [0.15, 0.2) is 47.6 Å². The SMILES string of the molecule is COc1ccc(C(=O)NN=Cc2cccc(C)c2)cc1OC. The summed E-state index contributed by atoms with van der Waals surface area (Å²) in [6.07, 6.45) is 1.60. The molecule has 2 aromatic rings. The van der Waals surface area contributed by atoms with Crippen molar-refractivity contribution in [3.8, 4) is 11.5 Å². The number of hydrazone groups is 1. The number of nitrogens with one attached hydrogen (secondary N) is 1. The van der Waals surface area contributed by atoms with Gasteiger partial charge in [0.15, 0.2) is 11.5 Å². The van der Waals surface area contributed by atoms with Crippen LogP contribution in [0, 0.1) is 6.92 Å². The van der Waals surface area contributed by atoms with Crippen LogP contribution in [0.5, 0.6) is 11.5 Å². The summed E-state index contributed by atoms with van der Waals surface area (Å²) in [5, 5.41) is 3.96. The maximum absolute atomic E-state index is 12.0. The van der Waals surface area contributed by atoms with E-state index < -0.39 is 0 Å². The van der Waals surface area contributed by atoms with Crippen molar-refractivity contribution in [1.29, 1.82) is 0 Å². The molecule has 0 radical (unpaired) electrons. The summed E-state index contributed by atoms with van der Waals surface area (Å²) < 4.78 is 10.3. The normalized spacial score (nSPS) is 10.5. The maximum atomic E-state index is 12.0. The molecule has 5 nitrogen and oxygen atoms in total. The molecule has 0 saturated heterocycles. The van der Waals surface area contributed by atoms with Crippen LogP contribution in [0.3, 0.4) is 0 Å². The summed E-state index contributed by atoms with van der Waals surface area (Å²) in [5.74, 6) is 0.755. The summed E-state index contributed by atoms with van der Waals surface area (Å²) in [6, 6.07) is 12.8. The zero-order valence-corrected chi connectivity index (χ0v) is 12.8. The number of hydrogen-bond acceptors (Lipinski definition) is 4. The van der Waals surface area contributed by atoms with Gasteiger partial charge in [-0.1, -0.05) is 29.8 Å². The molecule has 22 heavy (non-hydrogen) atoms. The van der Waals surface area contributed by atoms with Crippen LogP contribution in [0.25, 0.3) is 0 Å². The smallest absolute Gasteiger partial charge is 0.271 e. The van der Waals surface area contributed by atoms with Crippen molar-refractivity contribution in [3.63, 3.8) is 0 Å². The van der Waals surface area contributed by atoms with Gasteiger partial charge in [0.2, 0.25) is 0 Å². The second kappa shape index (κ2) is 7.26. The van der Waals surface area contributed by atoms with Crippen molar-refractivity contribution >= 4 is 12.1 Å². The quantitative estimate of drug-likeness (QED) is 0.682. The molecule has 0 atom stereocenters. The van der Waals surface area contributed by atoms with Gasteiger partial charge < -0.3 is 9.47 Å².